The molecule has 1 aliphatic rings. The predicted octanol–water partition coefficient (Wildman–Crippen LogP) is 0.0619. The van der Waals surface area contributed by atoms with E-state index in [0.29, 0.717) is 5.56 Å². The topological polar surface area (TPSA) is 104 Å². The van der Waals surface area contributed by atoms with Gasteiger partial charge in [0, 0.05) is 5.56 Å². The minimum atomic E-state index is -3.74. The molecular formula is C11H8N4O4S. The minimum absolute atomic E-state index is 0.100. The SMILES string of the molecule is COC(=O)c1ncn(C2=NS(=O)(=O)c3ccccc32)n1. The van der Waals surface area contributed by atoms with E-state index in [2.05, 4.69) is 19.2 Å². The monoisotopic (exact) mass is 292 g/mol. The molecule has 0 fully saturated rings. The fourth-order valence-electron chi connectivity index (χ4n) is 1.80. The van der Waals surface area contributed by atoms with Crippen molar-refractivity contribution in [2.45, 2.75) is 4.90 Å². The molecule has 3 rings (SSSR count). The number of carbonyl (C=O) groups excluding carboxylic acids is 1. The highest BCUT2D eigenvalue weighted by Gasteiger charge is 2.30. The second-order valence-corrected chi connectivity index (χ2v) is 5.46. The van der Waals surface area contributed by atoms with Crippen LogP contribution in [0.25, 0.3) is 0 Å². The molecule has 8 nitrogen and oxygen atoms in total. The van der Waals surface area contributed by atoms with E-state index in [4.69, 9.17) is 0 Å². The third-order valence-electron chi connectivity index (χ3n) is 2.69. The van der Waals surface area contributed by atoms with E-state index in [1.54, 1.807) is 18.2 Å². The van der Waals surface area contributed by atoms with Crippen LogP contribution in [0.2, 0.25) is 0 Å². The molecule has 102 valence electrons. The molecule has 0 bridgehead atoms. The Kier molecular flexibility index (Phi) is 2.64. The lowest BCUT2D eigenvalue weighted by molar-refractivity contribution is 0.0587. The van der Waals surface area contributed by atoms with Crippen molar-refractivity contribution in [3.8, 4) is 0 Å². The molecule has 0 saturated carbocycles. The first-order valence-corrected chi connectivity index (χ1v) is 6.91. The number of benzene rings is 1. The Hall–Kier alpha value is -2.55. The standard InChI is InChI=1S/C11H8N4O4S/c1-19-11(16)9-12-6-15(13-9)10-7-4-2-3-5-8(7)20(17,18)14-10/h2-6H,1H3. The zero-order valence-corrected chi connectivity index (χ0v) is 11.0. The van der Waals surface area contributed by atoms with Gasteiger partial charge in [0.05, 0.1) is 7.11 Å². The van der Waals surface area contributed by atoms with Gasteiger partial charge in [0.15, 0.2) is 5.84 Å². The zero-order chi connectivity index (χ0) is 14.3. The number of rotatable bonds is 1. The first-order chi connectivity index (χ1) is 9.53. The van der Waals surface area contributed by atoms with Gasteiger partial charge in [-0.05, 0) is 12.1 Å². The average Bonchev–Trinajstić information content (AvgIpc) is 3.02. The highest BCUT2D eigenvalue weighted by atomic mass is 32.2. The first kappa shape index (κ1) is 12.5. The Morgan fingerprint density at radius 2 is 2.05 bits per heavy atom. The Morgan fingerprint density at radius 3 is 2.80 bits per heavy atom. The van der Waals surface area contributed by atoms with Crippen LogP contribution in [0.1, 0.15) is 16.2 Å². The lowest BCUT2D eigenvalue weighted by atomic mass is 10.2. The third-order valence-corrected chi connectivity index (χ3v) is 4.01. The van der Waals surface area contributed by atoms with Crippen molar-refractivity contribution in [1.82, 2.24) is 14.8 Å². The molecule has 0 atom stereocenters. The number of sulfonamides is 1. The van der Waals surface area contributed by atoms with Crippen LogP contribution in [0.15, 0.2) is 39.9 Å². The number of aromatic nitrogens is 3. The Morgan fingerprint density at radius 1 is 1.30 bits per heavy atom. The second kappa shape index (κ2) is 4.23. The summed E-state index contributed by atoms with van der Waals surface area (Å²) >= 11 is 0. The Balaban J connectivity index is 2.13. The molecule has 1 aliphatic heterocycles. The molecule has 1 aromatic heterocycles. The molecule has 0 amide bonds. The molecule has 0 spiro atoms. The summed E-state index contributed by atoms with van der Waals surface area (Å²) in [5, 5.41) is 3.86. The van der Waals surface area contributed by atoms with Gasteiger partial charge >= 0.3 is 5.97 Å². The van der Waals surface area contributed by atoms with E-state index in [0.717, 1.165) is 4.68 Å². The molecule has 0 aliphatic carbocycles. The van der Waals surface area contributed by atoms with E-state index in [1.807, 2.05) is 0 Å². The summed E-state index contributed by atoms with van der Waals surface area (Å²) in [6.45, 7) is 0. The molecular weight excluding hydrogens is 284 g/mol. The lowest BCUT2D eigenvalue weighted by Crippen LogP contribution is -2.13. The van der Waals surface area contributed by atoms with E-state index in [9.17, 15) is 13.2 Å². The van der Waals surface area contributed by atoms with Gasteiger partial charge < -0.3 is 4.74 Å². The first-order valence-electron chi connectivity index (χ1n) is 5.47. The van der Waals surface area contributed by atoms with Gasteiger partial charge in [-0.3, -0.25) is 0 Å². The Bertz CT molecular complexity index is 838. The van der Waals surface area contributed by atoms with E-state index < -0.39 is 16.0 Å². The summed E-state index contributed by atoms with van der Waals surface area (Å²) in [5.74, 6) is -0.779. The molecule has 20 heavy (non-hydrogen) atoms. The van der Waals surface area contributed by atoms with Gasteiger partial charge in [0.25, 0.3) is 15.8 Å². The van der Waals surface area contributed by atoms with Crippen molar-refractivity contribution in [2.24, 2.45) is 4.40 Å². The predicted molar refractivity (Wildman–Crippen MR) is 66.9 cm³/mol. The van der Waals surface area contributed by atoms with Gasteiger partial charge in [0.2, 0.25) is 0 Å². The summed E-state index contributed by atoms with van der Waals surface area (Å²) in [4.78, 5) is 15.2. The molecule has 1 aromatic carbocycles. The maximum Gasteiger partial charge on any atom is 0.377 e. The maximum absolute atomic E-state index is 11.9. The van der Waals surface area contributed by atoms with Gasteiger partial charge in [-0.25, -0.2) is 14.5 Å². The summed E-state index contributed by atoms with van der Waals surface area (Å²) in [7, 11) is -2.53. The number of fused-ring (bicyclic) bond motifs is 1. The van der Waals surface area contributed by atoms with Crippen molar-refractivity contribution < 1.29 is 17.9 Å². The van der Waals surface area contributed by atoms with Crippen LogP contribution in [0.3, 0.4) is 0 Å². The van der Waals surface area contributed by atoms with Gasteiger partial charge in [-0.15, -0.1) is 9.50 Å². The second-order valence-electron chi connectivity index (χ2n) is 3.89. The molecule has 0 saturated heterocycles. The van der Waals surface area contributed by atoms with Crippen molar-refractivity contribution in [1.29, 1.82) is 0 Å². The van der Waals surface area contributed by atoms with Crippen molar-refractivity contribution in [3.63, 3.8) is 0 Å². The van der Waals surface area contributed by atoms with Gasteiger partial charge in [0.1, 0.15) is 11.2 Å². The van der Waals surface area contributed by atoms with Crippen molar-refractivity contribution in [2.75, 3.05) is 7.11 Å². The highest BCUT2D eigenvalue weighted by molar-refractivity contribution is 7.90. The molecule has 2 aromatic rings. The highest BCUT2D eigenvalue weighted by Crippen LogP contribution is 2.26. The largest absolute Gasteiger partial charge is 0.463 e. The normalized spacial score (nSPS) is 15.6. The van der Waals surface area contributed by atoms with Crippen LogP contribution in [0.4, 0.5) is 0 Å². The summed E-state index contributed by atoms with van der Waals surface area (Å²) in [5.41, 5.74) is 0.411. The Labute approximate surface area is 113 Å². The van der Waals surface area contributed by atoms with Crippen LogP contribution in [-0.2, 0) is 14.8 Å². The molecule has 0 N–H and O–H groups in total. The lowest BCUT2D eigenvalue weighted by Gasteiger charge is -1.99. The van der Waals surface area contributed by atoms with Crippen molar-refractivity contribution in [3.05, 3.63) is 42.0 Å². The molecule has 2 heterocycles. The number of methoxy groups -OCH3 is 1. The molecule has 0 unspecified atom stereocenters. The number of esters is 1. The van der Waals surface area contributed by atoms with Gasteiger partial charge in [-0.1, -0.05) is 12.1 Å². The van der Waals surface area contributed by atoms with Crippen LogP contribution < -0.4 is 0 Å². The quantitative estimate of drug-likeness (QED) is 0.688. The number of ether oxygens (including phenoxy) is 1. The fourth-order valence-corrected chi connectivity index (χ4v) is 3.00. The zero-order valence-electron chi connectivity index (χ0n) is 10.2. The van der Waals surface area contributed by atoms with E-state index in [1.165, 1.54) is 19.5 Å². The number of carbonyl (C=O) groups is 1. The fraction of sp³-hybridized carbons (Fsp3) is 0.0909. The number of hydrogen-bond acceptors (Lipinski definition) is 6. The van der Waals surface area contributed by atoms with Crippen LogP contribution in [0, 0.1) is 0 Å². The summed E-state index contributed by atoms with van der Waals surface area (Å²) in [6, 6.07) is 6.36. The average molecular weight is 292 g/mol. The number of hydrogen-bond donors (Lipinski definition) is 0. The maximum atomic E-state index is 11.9. The molecule has 0 radical (unpaired) electrons. The van der Waals surface area contributed by atoms with E-state index in [-0.39, 0.29) is 16.6 Å². The van der Waals surface area contributed by atoms with Crippen molar-refractivity contribution >= 4 is 21.8 Å². The smallest absolute Gasteiger partial charge is 0.377 e. The van der Waals surface area contributed by atoms with E-state index >= 15 is 0 Å². The van der Waals surface area contributed by atoms with Crippen LogP contribution in [0.5, 0.6) is 0 Å². The number of nitrogens with zero attached hydrogens (tertiary/aromatic N) is 4. The summed E-state index contributed by atoms with van der Waals surface area (Å²) < 4.78 is 33.1. The van der Waals surface area contributed by atoms with Crippen LogP contribution in [-0.4, -0.2) is 42.1 Å². The minimum Gasteiger partial charge on any atom is -0.463 e. The third kappa shape index (κ3) is 1.79. The van der Waals surface area contributed by atoms with Crippen LogP contribution >= 0.6 is 0 Å². The van der Waals surface area contributed by atoms with Gasteiger partial charge in [-0.2, -0.15) is 8.42 Å². The molecule has 9 heteroatoms. The summed E-state index contributed by atoms with van der Waals surface area (Å²) in [6.07, 6.45) is 1.21.